The highest BCUT2D eigenvalue weighted by atomic mass is 19.1. The van der Waals surface area contributed by atoms with Crippen LogP contribution in [0.4, 0.5) is 10.2 Å². The van der Waals surface area contributed by atoms with Crippen LogP contribution in [0.15, 0.2) is 31.0 Å². The van der Waals surface area contributed by atoms with Gasteiger partial charge in [0.25, 0.3) is 0 Å². The molecule has 0 N–H and O–H groups in total. The lowest BCUT2D eigenvalue weighted by atomic mass is 9.96. The van der Waals surface area contributed by atoms with Crippen molar-refractivity contribution in [2.24, 2.45) is 0 Å². The van der Waals surface area contributed by atoms with Crippen molar-refractivity contribution in [1.29, 1.82) is 0 Å². The molecular formula is C17H21FN8. The lowest BCUT2D eigenvalue weighted by Gasteiger charge is -2.32. The summed E-state index contributed by atoms with van der Waals surface area (Å²) >= 11 is 0. The summed E-state index contributed by atoms with van der Waals surface area (Å²) < 4.78 is 17.9. The monoisotopic (exact) mass is 356 g/mol. The molecule has 136 valence electrons. The van der Waals surface area contributed by atoms with Crippen LogP contribution in [0.2, 0.25) is 0 Å². The van der Waals surface area contributed by atoms with Crippen LogP contribution in [0.5, 0.6) is 0 Å². The first-order valence-corrected chi connectivity index (χ1v) is 8.86. The molecule has 1 aliphatic heterocycles. The van der Waals surface area contributed by atoms with Gasteiger partial charge in [0, 0.05) is 31.7 Å². The molecule has 0 radical (unpaired) electrons. The van der Waals surface area contributed by atoms with E-state index in [0.717, 1.165) is 44.1 Å². The molecular weight excluding hydrogens is 335 g/mol. The summed E-state index contributed by atoms with van der Waals surface area (Å²) in [7, 11) is 0. The molecule has 4 heterocycles. The Morgan fingerprint density at radius 3 is 2.77 bits per heavy atom. The molecule has 1 fully saturated rings. The van der Waals surface area contributed by atoms with Crippen molar-refractivity contribution in [3.63, 3.8) is 0 Å². The van der Waals surface area contributed by atoms with Gasteiger partial charge in [0.2, 0.25) is 0 Å². The standard InChI is InChI=1S/C17H21FN8/c1-2-26-15(10-25-12-19-11-21-25)22-23-16(26)13-5-8-24(9-6-13)17-14(18)4-3-7-20-17/h3-4,7,11-13H,2,5-6,8-10H2,1H3. The van der Waals surface area contributed by atoms with Crippen molar-refractivity contribution in [2.75, 3.05) is 18.0 Å². The van der Waals surface area contributed by atoms with Crippen molar-refractivity contribution in [2.45, 2.75) is 38.8 Å². The van der Waals surface area contributed by atoms with Gasteiger partial charge < -0.3 is 9.47 Å². The average molecular weight is 356 g/mol. The first-order valence-electron chi connectivity index (χ1n) is 8.86. The predicted molar refractivity (Wildman–Crippen MR) is 93.2 cm³/mol. The fourth-order valence-electron chi connectivity index (χ4n) is 3.53. The van der Waals surface area contributed by atoms with Crippen LogP contribution in [-0.2, 0) is 13.1 Å². The topological polar surface area (TPSA) is 77.5 Å². The maximum absolute atomic E-state index is 14.0. The van der Waals surface area contributed by atoms with E-state index in [-0.39, 0.29) is 5.82 Å². The fraction of sp³-hybridized carbons (Fsp3) is 0.471. The van der Waals surface area contributed by atoms with E-state index in [9.17, 15) is 4.39 Å². The van der Waals surface area contributed by atoms with Gasteiger partial charge >= 0.3 is 0 Å². The zero-order valence-electron chi connectivity index (χ0n) is 14.7. The number of piperidine rings is 1. The zero-order chi connectivity index (χ0) is 17.9. The van der Waals surface area contributed by atoms with Crippen LogP contribution in [0.25, 0.3) is 0 Å². The molecule has 9 heteroatoms. The van der Waals surface area contributed by atoms with E-state index in [0.29, 0.717) is 18.3 Å². The molecule has 0 atom stereocenters. The predicted octanol–water partition coefficient (Wildman–Crippen LogP) is 1.86. The largest absolute Gasteiger partial charge is 0.354 e. The number of hydrogen-bond acceptors (Lipinski definition) is 6. The van der Waals surface area contributed by atoms with E-state index in [1.54, 1.807) is 23.3 Å². The molecule has 0 saturated carbocycles. The Labute approximate surface area is 150 Å². The third-order valence-electron chi connectivity index (χ3n) is 4.84. The van der Waals surface area contributed by atoms with Gasteiger partial charge in [0.05, 0.1) is 0 Å². The second kappa shape index (κ2) is 7.19. The Hall–Kier alpha value is -2.84. The number of aromatic nitrogens is 7. The number of halogens is 1. The highest BCUT2D eigenvalue weighted by Gasteiger charge is 2.27. The quantitative estimate of drug-likeness (QED) is 0.694. The van der Waals surface area contributed by atoms with E-state index < -0.39 is 0 Å². The minimum absolute atomic E-state index is 0.266. The van der Waals surface area contributed by atoms with Crippen molar-refractivity contribution in [3.05, 3.63) is 48.5 Å². The van der Waals surface area contributed by atoms with Crippen molar-refractivity contribution in [3.8, 4) is 0 Å². The Kier molecular flexibility index (Phi) is 4.59. The average Bonchev–Trinajstić information content (AvgIpc) is 3.32. The molecule has 3 aromatic rings. The SMILES string of the molecule is CCn1c(Cn2cncn2)nnc1C1CCN(c2ncccc2F)CC1. The molecule has 26 heavy (non-hydrogen) atoms. The second-order valence-corrected chi connectivity index (χ2v) is 6.38. The first kappa shape index (κ1) is 16.6. The normalized spacial score (nSPS) is 15.5. The smallest absolute Gasteiger partial charge is 0.165 e. The molecule has 8 nitrogen and oxygen atoms in total. The third-order valence-corrected chi connectivity index (χ3v) is 4.84. The van der Waals surface area contributed by atoms with Gasteiger partial charge in [0.15, 0.2) is 17.5 Å². The first-order chi connectivity index (χ1) is 12.8. The van der Waals surface area contributed by atoms with Crippen molar-refractivity contribution in [1.82, 2.24) is 34.5 Å². The molecule has 0 aliphatic carbocycles. The van der Waals surface area contributed by atoms with Gasteiger partial charge in [-0.3, -0.25) is 0 Å². The van der Waals surface area contributed by atoms with Crippen LogP contribution >= 0.6 is 0 Å². The summed E-state index contributed by atoms with van der Waals surface area (Å²) in [4.78, 5) is 10.2. The number of nitrogens with zero attached hydrogens (tertiary/aromatic N) is 8. The highest BCUT2D eigenvalue weighted by Crippen LogP contribution is 2.30. The van der Waals surface area contributed by atoms with E-state index >= 15 is 0 Å². The Balaban J connectivity index is 1.47. The lowest BCUT2D eigenvalue weighted by Crippen LogP contribution is -2.35. The zero-order valence-corrected chi connectivity index (χ0v) is 14.7. The summed E-state index contributed by atoms with van der Waals surface area (Å²) in [6.45, 7) is 4.97. The summed E-state index contributed by atoms with van der Waals surface area (Å²) in [5, 5.41) is 13.0. The molecule has 0 amide bonds. The molecule has 0 spiro atoms. The molecule has 1 saturated heterocycles. The van der Waals surface area contributed by atoms with Gasteiger partial charge in [-0.1, -0.05) is 0 Å². The van der Waals surface area contributed by atoms with Crippen LogP contribution in [-0.4, -0.2) is 47.6 Å². The van der Waals surface area contributed by atoms with Crippen LogP contribution in [0, 0.1) is 5.82 Å². The minimum atomic E-state index is -0.266. The van der Waals surface area contributed by atoms with Gasteiger partial charge in [-0.25, -0.2) is 19.0 Å². The number of hydrogen-bond donors (Lipinski definition) is 0. The van der Waals surface area contributed by atoms with Crippen molar-refractivity contribution >= 4 is 5.82 Å². The van der Waals surface area contributed by atoms with E-state index in [4.69, 9.17) is 0 Å². The molecule has 3 aromatic heterocycles. The molecule has 0 bridgehead atoms. The van der Waals surface area contributed by atoms with E-state index in [1.165, 1.54) is 12.4 Å². The minimum Gasteiger partial charge on any atom is -0.354 e. The molecule has 4 rings (SSSR count). The van der Waals surface area contributed by atoms with Gasteiger partial charge in [-0.2, -0.15) is 5.10 Å². The summed E-state index contributed by atoms with van der Waals surface area (Å²) in [6.07, 6.45) is 6.62. The maximum Gasteiger partial charge on any atom is 0.165 e. The lowest BCUT2D eigenvalue weighted by molar-refractivity contribution is 0.456. The fourth-order valence-corrected chi connectivity index (χ4v) is 3.53. The van der Waals surface area contributed by atoms with Gasteiger partial charge in [0.1, 0.15) is 25.0 Å². The Morgan fingerprint density at radius 2 is 2.08 bits per heavy atom. The molecule has 0 aromatic carbocycles. The Morgan fingerprint density at radius 1 is 1.23 bits per heavy atom. The summed E-state index contributed by atoms with van der Waals surface area (Å²) in [6, 6.07) is 3.07. The van der Waals surface area contributed by atoms with E-state index in [2.05, 4.69) is 36.8 Å². The number of pyridine rings is 1. The second-order valence-electron chi connectivity index (χ2n) is 6.38. The molecule has 0 unspecified atom stereocenters. The molecule has 1 aliphatic rings. The Bertz CT molecular complexity index is 852. The van der Waals surface area contributed by atoms with Gasteiger partial charge in [-0.05, 0) is 31.9 Å². The number of anilines is 1. The summed E-state index contributed by atoms with van der Waals surface area (Å²) in [5.41, 5.74) is 0. The third kappa shape index (κ3) is 3.16. The summed E-state index contributed by atoms with van der Waals surface area (Å²) in [5.74, 6) is 2.37. The van der Waals surface area contributed by atoms with Crippen LogP contribution < -0.4 is 4.90 Å². The van der Waals surface area contributed by atoms with Crippen LogP contribution in [0.1, 0.15) is 37.3 Å². The van der Waals surface area contributed by atoms with Crippen molar-refractivity contribution < 1.29 is 4.39 Å². The highest BCUT2D eigenvalue weighted by molar-refractivity contribution is 5.40. The van der Waals surface area contributed by atoms with Gasteiger partial charge in [-0.15, -0.1) is 10.2 Å². The maximum atomic E-state index is 14.0. The van der Waals surface area contributed by atoms with Crippen LogP contribution in [0.3, 0.4) is 0 Å². The number of rotatable bonds is 5. The van der Waals surface area contributed by atoms with E-state index in [1.807, 2.05) is 4.90 Å².